The number of carbonyl (C=O) groups excluding carboxylic acids is 3. The normalized spacial score (nSPS) is 28.5. The molecule has 0 saturated carbocycles. The van der Waals surface area contributed by atoms with Crippen molar-refractivity contribution in [3.8, 4) is 11.1 Å². The minimum atomic E-state index is -2.61. The van der Waals surface area contributed by atoms with Crippen LogP contribution in [0.2, 0.25) is 0 Å². The van der Waals surface area contributed by atoms with E-state index in [9.17, 15) is 24.6 Å². The molecule has 3 amide bonds. The first-order chi connectivity index (χ1) is 19.0. The number of aliphatic imine (C=N–C) groups is 1. The molecule has 1 spiro atoms. The van der Waals surface area contributed by atoms with E-state index in [2.05, 4.69) is 20.6 Å². The van der Waals surface area contributed by atoms with E-state index in [-0.39, 0.29) is 49.7 Å². The molecule has 0 aromatic heterocycles. The third kappa shape index (κ3) is 3.65. The maximum atomic E-state index is 13.5. The highest BCUT2D eigenvalue weighted by atomic mass is 16.5. The Bertz CT molecular complexity index is 1460. The van der Waals surface area contributed by atoms with Gasteiger partial charge in [-0.25, -0.2) is 10.3 Å². The molecule has 4 heterocycles. The van der Waals surface area contributed by atoms with Crippen LogP contribution < -0.4 is 27.1 Å². The highest BCUT2D eigenvalue weighted by Crippen LogP contribution is 2.41. The zero-order valence-corrected chi connectivity index (χ0v) is 21.8. The number of hydrogen-bond donors (Lipinski definition) is 7. The summed E-state index contributed by atoms with van der Waals surface area (Å²) in [4.78, 5) is 48.2. The lowest BCUT2D eigenvalue weighted by molar-refractivity contribution is -0.521. The smallest absolute Gasteiger partial charge is 0.343 e. The maximum absolute atomic E-state index is 13.5. The molecule has 0 bridgehead atoms. The zero-order chi connectivity index (χ0) is 28.4. The lowest BCUT2D eigenvalue weighted by atomic mass is 9.84. The van der Waals surface area contributed by atoms with Crippen LogP contribution in [0.4, 0.5) is 0 Å². The number of hydrogen-bond acceptors (Lipinski definition) is 10. The summed E-state index contributed by atoms with van der Waals surface area (Å²) in [6, 6.07) is 12.1. The molecule has 13 nitrogen and oxygen atoms in total. The van der Waals surface area contributed by atoms with Gasteiger partial charge in [0.15, 0.2) is 12.0 Å². The Morgan fingerprint density at radius 1 is 1.12 bits per heavy atom. The predicted octanol–water partition coefficient (Wildman–Crippen LogP) is -3.33. The molecular formula is C27H31N8O5+. The maximum Gasteiger partial charge on any atom is 0.343 e. The van der Waals surface area contributed by atoms with Gasteiger partial charge in [-0.2, -0.15) is 0 Å². The molecule has 2 fully saturated rings. The van der Waals surface area contributed by atoms with Gasteiger partial charge in [0, 0.05) is 18.4 Å². The van der Waals surface area contributed by atoms with Crippen molar-refractivity contribution in [2.24, 2.45) is 16.5 Å². The van der Waals surface area contributed by atoms with Gasteiger partial charge < -0.3 is 21.3 Å². The molecule has 40 heavy (non-hydrogen) atoms. The Morgan fingerprint density at radius 2 is 1.82 bits per heavy atom. The second-order valence-corrected chi connectivity index (χ2v) is 10.6. The highest BCUT2D eigenvalue weighted by molar-refractivity contribution is 6.02. The first kappa shape index (κ1) is 25.8. The van der Waals surface area contributed by atoms with Crippen LogP contribution >= 0.6 is 0 Å². The number of amides is 3. The van der Waals surface area contributed by atoms with Gasteiger partial charge in [-0.05, 0) is 29.7 Å². The standard InChI is InChI=1S/C27H30N8O5/c1-14-16(15-6-3-2-4-7-15)8-5-9-17(14)23(38)31-19-13-35-25(29)30-18(12-34-20(36)10-11-21(34)37)22-26(35,27(19,39)40)33-24(28)32-22/h2-9,18-19,22,39-40H,10-13H2,1H3,(H2,29,30)(H,31,38)(H3,28,32,33)/p+1/t18-,19?,22-,26-/m0/s1. The first-order valence-corrected chi connectivity index (χ1v) is 13.1. The van der Waals surface area contributed by atoms with E-state index < -0.39 is 35.5 Å². The molecule has 4 aliphatic rings. The van der Waals surface area contributed by atoms with Crippen molar-refractivity contribution in [2.45, 2.75) is 49.3 Å². The number of nitrogens with zero attached hydrogens (tertiary/aromatic N) is 3. The second kappa shape index (κ2) is 9.03. The van der Waals surface area contributed by atoms with Crippen LogP contribution in [0.5, 0.6) is 0 Å². The van der Waals surface area contributed by atoms with Gasteiger partial charge in [-0.15, -0.1) is 0 Å². The number of nitrogens with one attached hydrogen (secondary N) is 3. The summed E-state index contributed by atoms with van der Waals surface area (Å²) >= 11 is 0. The van der Waals surface area contributed by atoms with Crippen LogP contribution in [-0.2, 0) is 9.59 Å². The molecule has 13 heteroatoms. The topological polar surface area (TPSA) is 201 Å². The third-order valence-electron chi connectivity index (χ3n) is 8.38. The average molecular weight is 548 g/mol. The largest absolute Gasteiger partial charge is 0.370 e. The molecule has 2 aromatic carbocycles. The number of benzene rings is 2. The molecule has 0 aliphatic carbocycles. The number of likely N-dealkylation sites (tertiary alicyclic amines) is 1. The molecule has 2 saturated heterocycles. The van der Waals surface area contributed by atoms with Crippen molar-refractivity contribution >= 4 is 29.6 Å². The number of imide groups is 1. The van der Waals surface area contributed by atoms with Crippen LogP contribution in [0.25, 0.3) is 11.1 Å². The molecule has 4 aliphatic heterocycles. The van der Waals surface area contributed by atoms with Gasteiger partial charge in [-0.1, -0.05) is 42.5 Å². The molecule has 4 atom stereocenters. The van der Waals surface area contributed by atoms with Crippen LogP contribution in [0.15, 0.2) is 53.5 Å². The fourth-order valence-electron chi connectivity index (χ4n) is 6.38. The van der Waals surface area contributed by atoms with E-state index in [0.717, 1.165) is 21.6 Å². The van der Waals surface area contributed by atoms with Crippen molar-refractivity contribution in [1.82, 2.24) is 20.4 Å². The number of nitrogens with two attached hydrogens (primary N) is 2. The van der Waals surface area contributed by atoms with Gasteiger partial charge in [-0.3, -0.25) is 34.9 Å². The Kier molecular flexibility index (Phi) is 5.82. The van der Waals surface area contributed by atoms with E-state index in [1.54, 1.807) is 12.1 Å². The Morgan fingerprint density at radius 3 is 2.52 bits per heavy atom. The molecule has 2 aromatic rings. The summed E-state index contributed by atoms with van der Waals surface area (Å²) in [6.07, 6.45) is 0.213. The monoisotopic (exact) mass is 547 g/mol. The number of carbonyl (C=O) groups is 3. The fourth-order valence-corrected chi connectivity index (χ4v) is 6.38. The summed E-state index contributed by atoms with van der Waals surface area (Å²) in [6.45, 7) is 1.63. The zero-order valence-electron chi connectivity index (χ0n) is 21.8. The van der Waals surface area contributed by atoms with Gasteiger partial charge in [0.05, 0.1) is 13.1 Å². The molecule has 1 unspecified atom stereocenters. The molecular weight excluding hydrogens is 516 g/mol. The SMILES string of the molecule is Cc1c(C(=O)NC2CN3C(N)=N[C@@H](CN4C(=O)CCC4=O)[C@@H]4[NH+]=C(N)N[C@@]43C2(O)O)cccc1-c1ccccc1. The number of rotatable bonds is 5. The van der Waals surface area contributed by atoms with Gasteiger partial charge in [0.25, 0.3) is 11.6 Å². The number of aliphatic hydroxyl groups is 2. The highest BCUT2D eigenvalue weighted by Gasteiger charge is 2.76. The average Bonchev–Trinajstić information content (AvgIpc) is 3.52. The molecule has 6 rings (SSSR count). The van der Waals surface area contributed by atoms with Crippen molar-refractivity contribution in [1.29, 1.82) is 0 Å². The van der Waals surface area contributed by atoms with E-state index in [4.69, 9.17) is 11.5 Å². The summed E-state index contributed by atoms with van der Waals surface area (Å²) in [5.41, 5.74) is 13.6. The van der Waals surface area contributed by atoms with Crippen molar-refractivity contribution in [2.75, 3.05) is 13.1 Å². The lowest BCUT2D eigenvalue weighted by Crippen LogP contribution is -2.90. The Hall–Kier alpha value is -4.49. The first-order valence-electron chi connectivity index (χ1n) is 13.1. The van der Waals surface area contributed by atoms with E-state index >= 15 is 0 Å². The van der Waals surface area contributed by atoms with Gasteiger partial charge in [0.2, 0.25) is 17.6 Å². The number of guanidine groups is 2. The minimum absolute atomic E-state index is 0.0369. The van der Waals surface area contributed by atoms with E-state index in [1.807, 2.05) is 43.3 Å². The van der Waals surface area contributed by atoms with E-state index in [0.29, 0.717) is 5.56 Å². The summed E-state index contributed by atoms with van der Waals surface area (Å²) < 4.78 is 0. The lowest BCUT2D eigenvalue weighted by Gasteiger charge is -2.46. The third-order valence-corrected chi connectivity index (χ3v) is 8.38. The van der Waals surface area contributed by atoms with Crippen LogP contribution in [0, 0.1) is 6.92 Å². The van der Waals surface area contributed by atoms with Crippen molar-refractivity contribution in [3.05, 3.63) is 59.7 Å². The van der Waals surface area contributed by atoms with Crippen molar-refractivity contribution < 1.29 is 29.6 Å². The quantitative estimate of drug-likeness (QED) is 0.148. The van der Waals surface area contributed by atoms with E-state index in [1.165, 1.54) is 4.90 Å². The van der Waals surface area contributed by atoms with Crippen molar-refractivity contribution in [3.63, 3.8) is 0 Å². The summed E-state index contributed by atoms with van der Waals surface area (Å²) in [7, 11) is 0. The molecule has 208 valence electrons. The fraction of sp³-hybridized carbons (Fsp3) is 0.370. The predicted molar refractivity (Wildman–Crippen MR) is 143 cm³/mol. The van der Waals surface area contributed by atoms with Crippen LogP contribution in [-0.4, -0.2) is 92.3 Å². The van der Waals surface area contributed by atoms with Gasteiger partial charge >= 0.3 is 5.96 Å². The molecule has 0 radical (unpaired) electrons. The Labute approximate surface area is 229 Å². The van der Waals surface area contributed by atoms with Crippen LogP contribution in [0.1, 0.15) is 28.8 Å². The summed E-state index contributed by atoms with van der Waals surface area (Å²) in [5.74, 6) is -3.77. The molecule has 9 N–H and O–H groups in total. The Balaban J connectivity index is 1.30. The van der Waals surface area contributed by atoms with Gasteiger partial charge in [0.1, 0.15) is 12.1 Å². The second-order valence-electron chi connectivity index (χ2n) is 10.6. The summed E-state index contributed by atoms with van der Waals surface area (Å²) in [5, 5.41) is 29.1. The minimum Gasteiger partial charge on any atom is -0.370 e. The van der Waals surface area contributed by atoms with Crippen LogP contribution in [0.3, 0.4) is 0 Å².